The molecule has 18 nitrogen and oxygen atoms in total. The summed E-state index contributed by atoms with van der Waals surface area (Å²) in [5.74, 6) is -2.88. The molecule has 0 saturated heterocycles. The first-order chi connectivity index (χ1) is 28.3. The first-order valence-corrected chi connectivity index (χ1v) is 20.2. The molecular weight excluding hydrogens is 791 g/mol. The summed E-state index contributed by atoms with van der Waals surface area (Å²) in [6.07, 6.45) is -2.67. The molecule has 61 heavy (non-hydrogen) atoms. The number of guanidine groups is 1. The quantitative estimate of drug-likeness (QED) is 0.0421. The number of hydrazine groups is 1. The molecule has 1 aliphatic rings. The van der Waals surface area contributed by atoms with E-state index in [0.29, 0.717) is 0 Å². The predicted octanol–water partition coefficient (Wildman–Crippen LogP) is 6.05. The highest BCUT2D eigenvalue weighted by Gasteiger charge is 2.32. The lowest BCUT2D eigenvalue weighted by Crippen LogP contribution is -2.59. The minimum absolute atomic E-state index is 0.0258. The van der Waals surface area contributed by atoms with Crippen molar-refractivity contribution in [3.8, 4) is 11.1 Å². The summed E-state index contributed by atoms with van der Waals surface area (Å²) in [5, 5.41) is 20.6. The molecule has 3 rings (SSSR count). The highest BCUT2D eigenvalue weighted by Crippen LogP contribution is 2.44. The maximum Gasteiger partial charge on any atom is 0.414 e. The van der Waals surface area contributed by atoms with E-state index in [-0.39, 0.29) is 56.9 Å². The number of hydrogen-bond donors (Lipinski definition) is 6. The molecule has 1 aliphatic carbocycles. The second-order valence-corrected chi connectivity index (χ2v) is 17.9. The number of benzene rings is 2. The third kappa shape index (κ3) is 17.3. The number of carbonyl (C=O) groups excluding carboxylic acids is 5. The fourth-order valence-corrected chi connectivity index (χ4v) is 5.94. The van der Waals surface area contributed by atoms with Gasteiger partial charge < -0.3 is 34.7 Å². The van der Waals surface area contributed by atoms with E-state index in [2.05, 4.69) is 31.7 Å². The van der Waals surface area contributed by atoms with Crippen LogP contribution in [0.3, 0.4) is 0 Å². The van der Waals surface area contributed by atoms with E-state index in [1.165, 1.54) is 0 Å². The number of rotatable bonds is 14. The van der Waals surface area contributed by atoms with Gasteiger partial charge in [-0.05, 0) is 103 Å². The van der Waals surface area contributed by atoms with E-state index in [9.17, 15) is 33.9 Å². The van der Waals surface area contributed by atoms with Crippen LogP contribution < -0.4 is 26.7 Å². The van der Waals surface area contributed by atoms with Gasteiger partial charge in [-0.2, -0.15) is 0 Å². The van der Waals surface area contributed by atoms with Crippen LogP contribution in [0.5, 0.6) is 0 Å². The second kappa shape index (κ2) is 21.6. The zero-order chi connectivity index (χ0) is 45.7. The number of carbonyl (C=O) groups is 6. The Morgan fingerprint density at radius 2 is 1.26 bits per heavy atom. The van der Waals surface area contributed by atoms with E-state index in [1.54, 1.807) is 76.2 Å². The van der Waals surface area contributed by atoms with Crippen LogP contribution in [0.4, 0.5) is 19.2 Å². The van der Waals surface area contributed by atoms with Gasteiger partial charge in [-0.3, -0.25) is 25.8 Å². The van der Waals surface area contributed by atoms with Gasteiger partial charge in [-0.1, -0.05) is 62.4 Å². The number of carboxylic acid groups (broad SMARTS) is 1. The van der Waals surface area contributed by atoms with Crippen LogP contribution in [0.15, 0.2) is 53.5 Å². The molecule has 0 bridgehead atoms. The summed E-state index contributed by atoms with van der Waals surface area (Å²) < 4.78 is 21.9. The molecule has 0 spiro atoms. The van der Waals surface area contributed by atoms with Gasteiger partial charge in [-0.15, -0.1) is 0 Å². The maximum atomic E-state index is 14.0. The third-order valence-electron chi connectivity index (χ3n) is 8.43. The van der Waals surface area contributed by atoms with E-state index in [4.69, 9.17) is 18.9 Å². The highest BCUT2D eigenvalue weighted by atomic mass is 16.6. The molecule has 6 N–H and O–H groups in total. The number of nitrogens with one attached hydrogen (secondary N) is 5. The number of carboxylic acids is 1. The fourth-order valence-electron chi connectivity index (χ4n) is 5.94. The molecule has 0 unspecified atom stereocenters. The van der Waals surface area contributed by atoms with Crippen molar-refractivity contribution in [1.29, 1.82) is 0 Å². The smallest absolute Gasteiger partial charge is 0.414 e. The first-order valence-electron chi connectivity index (χ1n) is 20.2. The summed E-state index contributed by atoms with van der Waals surface area (Å²) in [6, 6.07) is 12.0. The normalized spacial score (nSPS) is 13.4. The molecule has 18 heteroatoms. The number of amides is 6. The van der Waals surface area contributed by atoms with Crippen molar-refractivity contribution < 1.29 is 52.8 Å². The zero-order valence-electron chi connectivity index (χ0n) is 37.1. The monoisotopic (exact) mass is 853 g/mol. The maximum absolute atomic E-state index is 14.0. The number of aliphatic carboxylic acids is 1. The molecule has 0 radical (unpaired) electrons. The topological polar surface area (TPSA) is 235 Å². The number of hydrogen-bond acceptors (Lipinski definition) is 11. The van der Waals surface area contributed by atoms with Crippen LogP contribution in [0.25, 0.3) is 11.1 Å². The molecule has 0 heterocycles. The number of urea groups is 1. The summed E-state index contributed by atoms with van der Waals surface area (Å²) >= 11 is 0. The molecular formula is C43H63N7O11. The Morgan fingerprint density at radius 1 is 0.738 bits per heavy atom. The summed E-state index contributed by atoms with van der Waals surface area (Å²) in [5.41, 5.74) is 4.17. The van der Waals surface area contributed by atoms with Gasteiger partial charge >= 0.3 is 30.3 Å². The van der Waals surface area contributed by atoms with Gasteiger partial charge in [0.05, 0.1) is 12.2 Å². The van der Waals surface area contributed by atoms with E-state index >= 15 is 0 Å². The van der Waals surface area contributed by atoms with Gasteiger partial charge in [0.2, 0.25) is 5.96 Å². The molecule has 2 aromatic carbocycles. The van der Waals surface area contributed by atoms with Crippen molar-refractivity contribution >= 4 is 42.1 Å². The van der Waals surface area contributed by atoms with Crippen molar-refractivity contribution in [2.24, 2.45) is 10.9 Å². The van der Waals surface area contributed by atoms with Gasteiger partial charge in [0.1, 0.15) is 23.9 Å². The van der Waals surface area contributed by atoms with Crippen molar-refractivity contribution in [1.82, 2.24) is 31.7 Å². The average molecular weight is 854 g/mol. The molecule has 0 fully saturated rings. The number of alkyl carbamates (subject to hydrolysis) is 3. The largest absolute Gasteiger partial charge is 0.480 e. The molecule has 0 aliphatic heterocycles. The van der Waals surface area contributed by atoms with Crippen molar-refractivity contribution in [3.05, 3.63) is 59.7 Å². The van der Waals surface area contributed by atoms with Crippen molar-refractivity contribution in [2.45, 2.75) is 124 Å². The number of nitrogens with zero attached hydrogens (tertiary/aromatic N) is 2. The van der Waals surface area contributed by atoms with E-state index < -0.39 is 65.1 Å². The van der Waals surface area contributed by atoms with Crippen LogP contribution in [0.2, 0.25) is 0 Å². The van der Waals surface area contributed by atoms with Gasteiger partial charge in [0, 0.05) is 19.0 Å². The Labute approximate surface area is 357 Å². The lowest BCUT2D eigenvalue weighted by molar-refractivity contribution is -0.142. The molecule has 2 atom stereocenters. The Kier molecular flexibility index (Phi) is 17.5. The van der Waals surface area contributed by atoms with Crippen LogP contribution in [-0.4, -0.2) is 107 Å². The summed E-state index contributed by atoms with van der Waals surface area (Å²) in [7, 11) is 0. The highest BCUT2D eigenvalue weighted by molar-refractivity contribution is 6.01. The SMILES string of the molecule is CC(C)CN(NC(=O)[C@H](CCCN=C(NC(=O)OC(C)(C)C)NC(=O)OC(C)(C)C)NC(=O)OCC1c2ccccc2-c2ccccc21)C(=O)N[C@@H](COC(C)(C)C)C(=O)O. The summed E-state index contributed by atoms with van der Waals surface area (Å²) in [6.45, 7) is 18.3. The standard InChI is InChI=1S/C43H63N7O11/c1-26(2)23-50(37(54)45-33(35(52)53)25-59-41(3,4)5)49-34(51)32(21-16-22-44-36(47-39(56)60-42(6,7)8)48-40(57)61-43(9,10)11)46-38(55)58-24-31-29-19-14-12-17-27(29)28-18-13-15-20-30(28)31/h12-15,17-20,26,31-33H,16,21-25H2,1-11H3,(H,45,54)(H,46,55)(H,49,51)(H,52,53)(H2,44,47,48,56,57)/t32-,33-/m0/s1. The Balaban J connectivity index is 1.84. The van der Waals surface area contributed by atoms with E-state index in [0.717, 1.165) is 27.3 Å². The summed E-state index contributed by atoms with van der Waals surface area (Å²) in [4.78, 5) is 82.5. The Hall–Kier alpha value is -5.91. The molecule has 0 saturated carbocycles. The van der Waals surface area contributed by atoms with Crippen LogP contribution >= 0.6 is 0 Å². The third-order valence-corrected chi connectivity index (χ3v) is 8.43. The van der Waals surface area contributed by atoms with Gasteiger partial charge in [-0.25, -0.2) is 29.0 Å². The van der Waals surface area contributed by atoms with Crippen molar-refractivity contribution in [3.63, 3.8) is 0 Å². The van der Waals surface area contributed by atoms with Gasteiger partial charge in [0.15, 0.2) is 6.04 Å². The Morgan fingerprint density at radius 3 is 1.74 bits per heavy atom. The molecule has 0 aromatic heterocycles. The molecule has 336 valence electrons. The minimum Gasteiger partial charge on any atom is -0.480 e. The second-order valence-electron chi connectivity index (χ2n) is 17.9. The fraction of sp³-hybridized carbons (Fsp3) is 0.558. The zero-order valence-corrected chi connectivity index (χ0v) is 37.1. The van der Waals surface area contributed by atoms with Crippen LogP contribution in [-0.2, 0) is 28.5 Å². The predicted molar refractivity (Wildman–Crippen MR) is 228 cm³/mol. The average Bonchev–Trinajstić information content (AvgIpc) is 3.44. The molecule has 6 amide bonds. The van der Waals surface area contributed by atoms with Crippen LogP contribution in [0.1, 0.15) is 106 Å². The van der Waals surface area contributed by atoms with Gasteiger partial charge in [0.25, 0.3) is 5.91 Å². The van der Waals surface area contributed by atoms with E-state index in [1.807, 2.05) is 48.5 Å². The number of fused-ring (bicyclic) bond motifs is 3. The lowest BCUT2D eigenvalue weighted by atomic mass is 9.98. The van der Waals surface area contributed by atoms with Crippen LogP contribution in [0, 0.1) is 5.92 Å². The van der Waals surface area contributed by atoms with Crippen molar-refractivity contribution in [2.75, 3.05) is 26.3 Å². The first kappa shape index (κ1) is 49.5. The number of aliphatic imine (C=N–C) groups is 1. The Bertz CT molecular complexity index is 1820. The lowest BCUT2D eigenvalue weighted by Gasteiger charge is -2.29. The molecule has 2 aromatic rings. The number of ether oxygens (including phenoxy) is 4. The minimum atomic E-state index is -1.44.